The third-order valence-corrected chi connectivity index (χ3v) is 4.37. The van der Waals surface area contributed by atoms with E-state index in [9.17, 15) is 19.8 Å². The zero-order chi connectivity index (χ0) is 17.7. The number of likely N-dealkylation sites (tertiary alicyclic amines) is 1. The largest absolute Gasteiger partial charge is 0.478 e. The van der Waals surface area contributed by atoms with E-state index in [0.717, 1.165) is 17.5 Å². The smallest absolute Gasteiger partial charge is 0.335 e. The molecule has 1 aliphatic heterocycles. The molecule has 7 nitrogen and oxygen atoms in total. The molecule has 1 saturated heterocycles. The number of carboxylic acid groups (broad SMARTS) is 1. The van der Waals surface area contributed by atoms with Crippen LogP contribution in [0, 0.1) is 6.92 Å². The van der Waals surface area contributed by atoms with E-state index in [1.165, 1.54) is 6.07 Å². The fraction of sp³-hybridized carbons (Fsp3) is 0.529. The van der Waals surface area contributed by atoms with Crippen LogP contribution in [0.15, 0.2) is 18.2 Å². The lowest BCUT2D eigenvalue weighted by molar-refractivity contribution is -0.125. The van der Waals surface area contributed by atoms with Crippen LogP contribution in [-0.2, 0) is 11.3 Å². The SMILES string of the molecule is Cc1ccc(C(=O)O)cc1CNC(=O)CN1CCC[C@](O)(CO)C1. The summed E-state index contributed by atoms with van der Waals surface area (Å²) in [5, 5.41) is 31.2. The Morgan fingerprint density at radius 2 is 2.12 bits per heavy atom. The predicted molar refractivity (Wildman–Crippen MR) is 87.7 cm³/mol. The van der Waals surface area contributed by atoms with Crippen molar-refractivity contribution in [2.45, 2.75) is 31.9 Å². The van der Waals surface area contributed by atoms with Crippen molar-refractivity contribution in [2.75, 3.05) is 26.2 Å². The number of benzene rings is 1. The van der Waals surface area contributed by atoms with Gasteiger partial charge in [0.2, 0.25) is 5.91 Å². The number of β-amino-alcohol motifs (C(OH)–C–C–N with tert-alkyl or cyclic N) is 1. The second kappa shape index (κ2) is 7.74. The topological polar surface area (TPSA) is 110 Å². The van der Waals surface area contributed by atoms with Crippen molar-refractivity contribution in [2.24, 2.45) is 0 Å². The van der Waals surface area contributed by atoms with Gasteiger partial charge in [-0.25, -0.2) is 4.79 Å². The lowest BCUT2D eigenvalue weighted by Crippen LogP contribution is -2.52. The number of nitrogens with zero attached hydrogens (tertiary/aromatic N) is 1. The van der Waals surface area contributed by atoms with Gasteiger partial charge in [-0.15, -0.1) is 0 Å². The van der Waals surface area contributed by atoms with Crippen molar-refractivity contribution in [3.05, 3.63) is 34.9 Å². The van der Waals surface area contributed by atoms with E-state index in [1.54, 1.807) is 12.1 Å². The second-order valence-corrected chi connectivity index (χ2v) is 6.42. The molecule has 0 aromatic heterocycles. The van der Waals surface area contributed by atoms with E-state index in [-0.39, 0.29) is 37.7 Å². The number of carbonyl (C=O) groups excluding carboxylic acids is 1. The van der Waals surface area contributed by atoms with Gasteiger partial charge in [0.1, 0.15) is 5.60 Å². The third-order valence-electron chi connectivity index (χ3n) is 4.37. The zero-order valence-electron chi connectivity index (χ0n) is 13.8. The monoisotopic (exact) mass is 336 g/mol. The summed E-state index contributed by atoms with van der Waals surface area (Å²) >= 11 is 0. The highest BCUT2D eigenvalue weighted by Gasteiger charge is 2.33. The van der Waals surface area contributed by atoms with Gasteiger partial charge in [-0.05, 0) is 49.6 Å². The van der Waals surface area contributed by atoms with E-state index in [1.807, 2.05) is 11.8 Å². The van der Waals surface area contributed by atoms with Crippen molar-refractivity contribution in [1.82, 2.24) is 10.2 Å². The Balaban J connectivity index is 1.89. The molecule has 1 amide bonds. The first kappa shape index (κ1) is 18.4. The van der Waals surface area contributed by atoms with Crippen LogP contribution in [0.4, 0.5) is 0 Å². The summed E-state index contributed by atoms with van der Waals surface area (Å²) < 4.78 is 0. The molecule has 24 heavy (non-hydrogen) atoms. The van der Waals surface area contributed by atoms with Gasteiger partial charge in [0.05, 0.1) is 18.7 Å². The molecule has 1 aliphatic rings. The van der Waals surface area contributed by atoms with E-state index >= 15 is 0 Å². The molecule has 1 aromatic rings. The van der Waals surface area contributed by atoms with E-state index < -0.39 is 11.6 Å². The molecular formula is C17H24N2O5. The van der Waals surface area contributed by atoms with Crippen LogP contribution in [0.2, 0.25) is 0 Å². The Bertz CT molecular complexity index is 619. The third kappa shape index (κ3) is 4.77. The minimum absolute atomic E-state index is 0.139. The van der Waals surface area contributed by atoms with E-state index in [2.05, 4.69) is 5.32 Å². The van der Waals surface area contributed by atoms with Crippen LogP contribution >= 0.6 is 0 Å². The summed E-state index contributed by atoms with van der Waals surface area (Å²) in [5.41, 5.74) is 0.723. The highest BCUT2D eigenvalue weighted by molar-refractivity contribution is 5.88. The van der Waals surface area contributed by atoms with Crippen molar-refractivity contribution in [3.8, 4) is 0 Å². The van der Waals surface area contributed by atoms with Gasteiger partial charge < -0.3 is 20.6 Å². The molecule has 1 atom stereocenters. The fourth-order valence-electron chi connectivity index (χ4n) is 2.92. The fourth-order valence-corrected chi connectivity index (χ4v) is 2.92. The number of hydrogen-bond donors (Lipinski definition) is 4. The van der Waals surface area contributed by atoms with Crippen LogP contribution in [0.25, 0.3) is 0 Å². The first-order valence-corrected chi connectivity index (χ1v) is 7.98. The van der Waals surface area contributed by atoms with Crippen LogP contribution in [0.5, 0.6) is 0 Å². The molecular weight excluding hydrogens is 312 g/mol. The summed E-state index contributed by atoms with van der Waals surface area (Å²) in [7, 11) is 0. The number of hydrogen-bond acceptors (Lipinski definition) is 5. The van der Waals surface area contributed by atoms with Crippen LogP contribution < -0.4 is 5.32 Å². The number of nitrogens with one attached hydrogen (secondary N) is 1. The maximum atomic E-state index is 12.1. The van der Waals surface area contributed by atoms with Crippen LogP contribution in [0.3, 0.4) is 0 Å². The number of amides is 1. The van der Waals surface area contributed by atoms with Gasteiger partial charge >= 0.3 is 5.97 Å². The van der Waals surface area contributed by atoms with Crippen molar-refractivity contribution in [3.63, 3.8) is 0 Å². The van der Waals surface area contributed by atoms with Crippen molar-refractivity contribution >= 4 is 11.9 Å². The van der Waals surface area contributed by atoms with Gasteiger partial charge in [0.15, 0.2) is 0 Å². The number of carboxylic acids is 1. The molecule has 1 fully saturated rings. The highest BCUT2D eigenvalue weighted by atomic mass is 16.4. The average Bonchev–Trinajstić information content (AvgIpc) is 2.54. The van der Waals surface area contributed by atoms with Crippen LogP contribution in [0.1, 0.15) is 34.3 Å². The summed E-state index contributed by atoms with van der Waals surface area (Å²) in [6.45, 7) is 2.91. The van der Waals surface area contributed by atoms with E-state index in [0.29, 0.717) is 13.0 Å². The minimum Gasteiger partial charge on any atom is -0.478 e. The molecule has 0 aliphatic carbocycles. The maximum Gasteiger partial charge on any atom is 0.335 e. The molecule has 0 bridgehead atoms. The Kier molecular flexibility index (Phi) is 5.93. The molecule has 132 valence electrons. The molecule has 2 rings (SSSR count). The molecule has 0 unspecified atom stereocenters. The lowest BCUT2D eigenvalue weighted by Gasteiger charge is -2.37. The first-order valence-electron chi connectivity index (χ1n) is 7.98. The molecule has 0 radical (unpaired) electrons. The molecule has 1 heterocycles. The summed E-state index contributed by atoms with van der Waals surface area (Å²) in [5.74, 6) is -1.20. The Hall–Kier alpha value is -1.96. The Morgan fingerprint density at radius 3 is 2.79 bits per heavy atom. The number of aliphatic hydroxyl groups excluding tert-OH is 1. The molecule has 4 N–H and O–H groups in total. The number of rotatable bonds is 6. The Morgan fingerprint density at radius 1 is 1.38 bits per heavy atom. The van der Waals surface area contributed by atoms with Crippen molar-refractivity contribution < 1.29 is 24.9 Å². The number of aromatic carboxylic acids is 1. The van der Waals surface area contributed by atoms with Gasteiger partial charge in [-0.3, -0.25) is 9.69 Å². The summed E-state index contributed by atoms with van der Waals surface area (Å²) in [6, 6.07) is 4.81. The highest BCUT2D eigenvalue weighted by Crippen LogP contribution is 2.20. The number of piperidine rings is 1. The second-order valence-electron chi connectivity index (χ2n) is 6.42. The number of carbonyl (C=O) groups is 2. The molecule has 0 saturated carbocycles. The summed E-state index contributed by atoms with van der Waals surface area (Å²) in [4.78, 5) is 24.9. The standard InChI is InChI=1S/C17H24N2O5/c1-12-3-4-13(16(22)23)7-14(12)8-18-15(21)9-19-6-2-5-17(24,10-19)11-20/h3-4,7,20,24H,2,5-6,8-11H2,1H3,(H,18,21)(H,22,23)/t17-/m1/s1. The first-order chi connectivity index (χ1) is 11.3. The summed E-state index contributed by atoms with van der Waals surface area (Å²) in [6.07, 6.45) is 1.26. The zero-order valence-corrected chi connectivity index (χ0v) is 13.8. The lowest BCUT2D eigenvalue weighted by atomic mass is 9.94. The minimum atomic E-state index is -1.13. The molecule has 1 aromatic carbocycles. The van der Waals surface area contributed by atoms with Crippen LogP contribution in [-0.4, -0.2) is 63.9 Å². The van der Waals surface area contributed by atoms with Gasteiger partial charge in [-0.1, -0.05) is 6.07 Å². The van der Waals surface area contributed by atoms with E-state index in [4.69, 9.17) is 5.11 Å². The Labute approximate surface area is 140 Å². The number of aryl methyl sites for hydroxylation is 1. The maximum absolute atomic E-state index is 12.1. The average molecular weight is 336 g/mol. The van der Waals surface area contributed by atoms with Gasteiger partial charge in [-0.2, -0.15) is 0 Å². The molecule has 7 heteroatoms. The normalized spacial score (nSPS) is 21.5. The quantitative estimate of drug-likeness (QED) is 0.588. The molecule has 0 spiro atoms. The number of aliphatic hydroxyl groups is 2. The van der Waals surface area contributed by atoms with Gasteiger partial charge in [0.25, 0.3) is 0 Å². The predicted octanol–water partition coefficient (Wildman–Crippen LogP) is 0.129. The van der Waals surface area contributed by atoms with Crippen molar-refractivity contribution in [1.29, 1.82) is 0 Å². The van der Waals surface area contributed by atoms with Gasteiger partial charge in [0, 0.05) is 13.1 Å².